The fourth-order valence-electron chi connectivity index (χ4n) is 5.47. The van der Waals surface area contributed by atoms with E-state index < -0.39 is 0 Å². The molecule has 0 aliphatic heterocycles. The molecule has 0 aromatic heterocycles. The number of allylic oxidation sites excluding steroid dienone is 1. The Kier molecular flexibility index (Phi) is 9.36. The van der Waals surface area contributed by atoms with Crippen LogP contribution in [0.4, 0.5) is 0 Å². The van der Waals surface area contributed by atoms with Gasteiger partial charge in [0.05, 0.1) is 0 Å². The van der Waals surface area contributed by atoms with Crippen LogP contribution in [0.3, 0.4) is 0 Å². The second-order valence-electron chi connectivity index (χ2n) is 9.25. The number of benzene rings is 2. The van der Waals surface area contributed by atoms with E-state index in [4.69, 9.17) is 0 Å². The number of rotatable bonds is 11. The van der Waals surface area contributed by atoms with Crippen molar-refractivity contribution in [1.82, 2.24) is 5.32 Å². The summed E-state index contributed by atoms with van der Waals surface area (Å²) in [7, 11) is 0. The fourth-order valence-corrected chi connectivity index (χ4v) is 5.47. The Morgan fingerprint density at radius 2 is 1.41 bits per heavy atom. The van der Waals surface area contributed by atoms with Gasteiger partial charge in [-0.1, -0.05) is 107 Å². The largest absolute Gasteiger partial charge is 0.312 e. The van der Waals surface area contributed by atoms with Crippen molar-refractivity contribution in [3.8, 4) is 0 Å². The highest BCUT2D eigenvalue weighted by molar-refractivity contribution is 5.69. The summed E-state index contributed by atoms with van der Waals surface area (Å²) in [6, 6.07) is 20.2. The second kappa shape index (κ2) is 12.2. The van der Waals surface area contributed by atoms with E-state index in [9.17, 15) is 0 Å². The molecule has 1 N–H and O–H groups in total. The van der Waals surface area contributed by atoms with Crippen LogP contribution in [0.25, 0.3) is 12.2 Å². The fraction of sp³-hybridized carbons (Fsp3) is 0.452. The van der Waals surface area contributed by atoms with Gasteiger partial charge in [0.15, 0.2) is 0 Å². The first kappa shape index (κ1) is 24.5. The van der Waals surface area contributed by atoms with Crippen molar-refractivity contribution in [2.45, 2.75) is 78.2 Å². The van der Waals surface area contributed by atoms with Gasteiger partial charge in [0.1, 0.15) is 0 Å². The quantitative estimate of drug-likeness (QED) is 0.279. The monoisotopic (exact) mass is 428 g/mol. The molecule has 2 aromatic carbocycles. The lowest BCUT2D eigenvalue weighted by Gasteiger charge is -2.41. The Labute approximate surface area is 197 Å². The van der Waals surface area contributed by atoms with Gasteiger partial charge in [0, 0.05) is 18.5 Å². The van der Waals surface area contributed by atoms with Crippen molar-refractivity contribution in [2.75, 3.05) is 6.54 Å². The lowest BCUT2D eigenvalue weighted by atomic mass is 9.68. The average molecular weight is 429 g/mol. The summed E-state index contributed by atoms with van der Waals surface area (Å²) < 4.78 is 0. The van der Waals surface area contributed by atoms with Gasteiger partial charge in [-0.25, -0.2) is 0 Å². The Hall–Kier alpha value is -2.12. The number of hydrogen-bond donors (Lipinski definition) is 1. The van der Waals surface area contributed by atoms with Crippen molar-refractivity contribution in [3.63, 3.8) is 0 Å². The molecule has 0 spiro atoms. The van der Waals surface area contributed by atoms with Crippen molar-refractivity contribution < 1.29 is 0 Å². The molecule has 2 unspecified atom stereocenters. The van der Waals surface area contributed by atoms with E-state index in [2.05, 4.69) is 112 Å². The van der Waals surface area contributed by atoms with Gasteiger partial charge in [0.2, 0.25) is 0 Å². The summed E-state index contributed by atoms with van der Waals surface area (Å²) in [5.41, 5.74) is 4.29. The maximum absolute atomic E-state index is 4.04. The highest BCUT2D eigenvalue weighted by atomic mass is 14.9. The minimum absolute atomic E-state index is 0.335. The maximum Gasteiger partial charge on any atom is 0.0173 e. The molecule has 2 aromatic rings. The molecule has 32 heavy (non-hydrogen) atoms. The van der Waals surface area contributed by atoms with Crippen molar-refractivity contribution in [3.05, 3.63) is 89.4 Å². The van der Waals surface area contributed by atoms with Crippen LogP contribution in [0.1, 0.15) is 88.8 Å². The molecule has 1 heteroatoms. The van der Waals surface area contributed by atoms with E-state index in [-0.39, 0.29) is 0 Å². The molecule has 0 fully saturated rings. The predicted octanol–water partition coefficient (Wildman–Crippen LogP) is 8.45. The van der Waals surface area contributed by atoms with Gasteiger partial charge < -0.3 is 5.32 Å². The highest BCUT2D eigenvalue weighted by Gasteiger charge is 2.35. The van der Waals surface area contributed by atoms with E-state index in [1.54, 1.807) is 5.92 Å². The highest BCUT2D eigenvalue weighted by Crippen LogP contribution is 2.41. The van der Waals surface area contributed by atoms with Crippen LogP contribution in [0.5, 0.6) is 0 Å². The molecule has 1 aliphatic carbocycles. The van der Waals surface area contributed by atoms with Gasteiger partial charge >= 0.3 is 0 Å². The third-order valence-corrected chi connectivity index (χ3v) is 7.72. The molecule has 0 saturated carbocycles. The van der Waals surface area contributed by atoms with E-state index in [1.165, 1.54) is 42.4 Å². The third kappa shape index (κ3) is 6.01. The van der Waals surface area contributed by atoms with E-state index >= 15 is 0 Å². The number of hydrogen-bond acceptors (Lipinski definition) is 1. The molecule has 0 saturated heterocycles. The SMILES string of the molecule is CC[C](CC)C(CC)(CC)CNC1CC=CCC1c1ccc(C=Cc2ccccc2)cc1. The predicted molar refractivity (Wildman–Crippen MR) is 142 cm³/mol. The summed E-state index contributed by atoms with van der Waals surface area (Å²) in [6.07, 6.45) is 16.2. The molecule has 0 amide bonds. The van der Waals surface area contributed by atoms with E-state index in [0.29, 0.717) is 17.4 Å². The first-order valence-corrected chi connectivity index (χ1v) is 12.7. The lowest BCUT2D eigenvalue weighted by molar-refractivity contribution is 0.229. The zero-order valence-electron chi connectivity index (χ0n) is 20.6. The zero-order chi connectivity index (χ0) is 22.8. The molecular weight excluding hydrogens is 386 g/mol. The van der Waals surface area contributed by atoms with Crippen LogP contribution < -0.4 is 5.32 Å². The summed E-state index contributed by atoms with van der Waals surface area (Å²) >= 11 is 0. The van der Waals surface area contributed by atoms with Crippen LogP contribution in [0.15, 0.2) is 66.7 Å². The van der Waals surface area contributed by atoms with Crippen LogP contribution in [0, 0.1) is 11.3 Å². The van der Waals surface area contributed by atoms with Gasteiger partial charge in [0.25, 0.3) is 0 Å². The van der Waals surface area contributed by atoms with Crippen molar-refractivity contribution >= 4 is 12.2 Å². The van der Waals surface area contributed by atoms with Crippen LogP contribution in [0.2, 0.25) is 0 Å². The second-order valence-corrected chi connectivity index (χ2v) is 9.25. The third-order valence-electron chi connectivity index (χ3n) is 7.72. The summed E-state index contributed by atoms with van der Waals surface area (Å²) in [5, 5.41) is 4.04. The minimum Gasteiger partial charge on any atom is -0.312 e. The van der Waals surface area contributed by atoms with Crippen LogP contribution >= 0.6 is 0 Å². The van der Waals surface area contributed by atoms with Crippen molar-refractivity contribution in [2.24, 2.45) is 5.41 Å². The van der Waals surface area contributed by atoms with Crippen molar-refractivity contribution in [1.29, 1.82) is 0 Å². The van der Waals surface area contributed by atoms with E-state index in [1.807, 2.05) is 0 Å². The molecule has 1 aliphatic rings. The topological polar surface area (TPSA) is 12.0 Å². The molecule has 3 rings (SSSR count). The summed E-state index contributed by atoms with van der Waals surface area (Å²) in [6.45, 7) is 10.5. The zero-order valence-corrected chi connectivity index (χ0v) is 20.6. The standard InChI is InChI=1S/C31H42N/c1-5-28(6-2)31(7-3,8-4)24-32-30-17-13-12-16-29(30)27-22-20-26(21-23-27)19-18-25-14-10-9-11-15-25/h9-15,18-23,29-30,32H,5-8,16-17,24H2,1-4H3. The molecule has 171 valence electrons. The normalized spacial score (nSPS) is 19.2. The van der Waals surface area contributed by atoms with E-state index in [0.717, 1.165) is 19.4 Å². The maximum atomic E-state index is 4.04. The minimum atomic E-state index is 0.335. The Morgan fingerprint density at radius 3 is 2.00 bits per heavy atom. The molecule has 1 radical (unpaired) electrons. The van der Waals surface area contributed by atoms with Crippen LogP contribution in [-0.4, -0.2) is 12.6 Å². The van der Waals surface area contributed by atoms with Gasteiger partial charge in [-0.05, 0) is 66.5 Å². The molecule has 0 heterocycles. The molecule has 1 nitrogen and oxygen atoms in total. The summed E-state index contributed by atoms with van der Waals surface area (Å²) in [5.74, 6) is 2.28. The smallest absolute Gasteiger partial charge is 0.0173 e. The Morgan fingerprint density at radius 1 is 0.812 bits per heavy atom. The van der Waals surface area contributed by atoms with Crippen LogP contribution in [-0.2, 0) is 0 Å². The molecule has 2 atom stereocenters. The molecule has 0 bridgehead atoms. The van der Waals surface area contributed by atoms with Gasteiger partial charge in [-0.15, -0.1) is 0 Å². The average Bonchev–Trinajstić information content (AvgIpc) is 2.86. The first-order valence-electron chi connectivity index (χ1n) is 12.7. The Bertz CT molecular complexity index is 838. The first-order chi connectivity index (χ1) is 15.7. The number of nitrogens with one attached hydrogen (secondary N) is 1. The lowest BCUT2D eigenvalue weighted by Crippen LogP contribution is -2.45. The van der Waals surface area contributed by atoms with Gasteiger partial charge in [-0.2, -0.15) is 0 Å². The van der Waals surface area contributed by atoms with Gasteiger partial charge in [-0.3, -0.25) is 0 Å². The molecular formula is C31H42N. The summed E-state index contributed by atoms with van der Waals surface area (Å²) in [4.78, 5) is 0. The Balaban J connectivity index is 1.69.